The highest BCUT2D eigenvalue weighted by atomic mass is 32.2. The Bertz CT molecular complexity index is 1310. The van der Waals surface area contributed by atoms with Gasteiger partial charge >= 0.3 is 0 Å². The van der Waals surface area contributed by atoms with Gasteiger partial charge in [0.15, 0.2) is 4.91 Å². The number of aryl methyl sites for hydroxylation is 3. The van der Waals surface area contributed by atoms with Crippen LogP contribution in [0.15, 0.2) is 77.8 Å². The van der Waals surface area contributed by atoms with Gasteiger partial charge in [-0.05, 0) is 50.1 Å². The van der Waals surface area contributed by atoms with Crippen LogP contribution < -0.4 is 9.62 Å². The van der Waals surface area contributed by atoms with Crippen molar-refractivity contribution in [2.45, 2.75) is 27.3 Å². The summed E-state index contributed by atoms with van der Waals surface area (Å²) in [6.45, 7) is 6.04. The normalized spacial score (nSPS) is 16.3. The standard InChI is InChI=1S/C25H24N2O3S/c1-17-7-6-8-20(14-17)16-27-23-10-5-4-9-21(23)25(28)24(31(27,29)30)15-26-22-12-11-18(2)13-19(22)3/h4-15,26H,16H2,1-3H3/b24-15+. The van der Waals surface area contributed by atoms with Gasteiger partial charge in [0.25, 0.3) is 10.0 Å². The Morgan fingerprint density at radius 3 is 2.39 bits per heavy atom. The lowest BCUT2D eigenvalue weighted by atomic mass is 10.1. The first kappa shape index (κ1) is 20.9. The molecular formula is C25H24N2O3S. The molecule has 0 fully saturated rings. The van der Waals surface area contributed by atoms with E-state index in [0.29, 0.717) is 11.3 Å². The molecule has 0 saturated carbocycles. The summed E-state index contributed by atoms with van der Waals surface area (Å²) in [4.78, 5) is 12.9. The van der Waals surface area contributed by atoms with Gasteiger partial charge in [-0.2, -0.15) is 0 Å². The van der Waals surface area contributed by atoms with Gasteiger partial charge < -0.3 is 5.32 Å². The van der Waals surface area contributed by atoms with E-state index in [1.165, 1.54) is 10.5 Å². The van der Waals surface area contributed by atoms with Crippen LogP contribution in [0.1, 0.15) is 32.6 Å². The summed E-state index contributed by atoms with van der Waals surface area (Å²) >= 11 is 0. The molecule has 31 heavy (non-hydrogen) atoms. The zero-order chi connectivity index (χ0) is 22.2. The minimum absolute atomic E-state index is 0.148. The van der Waals surface area contributed by atoms with Crippen molar-refractivity contribution in [3.05, 3.63) is 106 Å². The van der Waals surface area contributed by atoms with Crippen molar-refractivity contribution in [2.24, 2.45) is 0 Å². The number of hydrogen-bond acceptors (Lipinski definition) is 4. The summed E-state index contributed by atoms with van der Waals surface area (Å²) in [7, 11) is -4.05. The van der Waals surface area contributed by atoms with Crippen LogP contribution in [-0.2, 0) is 16.6 Å². The van der Waals surface area contributed by atoms with Crippen LogP contribution in [0.2, 0.25) is 0 Å². The summed E-state index contributed by atoms with van der Waals surface area (Å²) in [6.07, 6.45) is 1.31. The number of ketones is 1. The average molecular weight is 433 g/mol. The van der Waals surface area contributed by atoms with Crippen molar-refractivity contribution in [1.82, 2.24) is 0 Å². The van der Waals surface area contributed by atoms with E-state index in [1.54, 1.807) is 24.3 Å². The molecule has 0 aliphatic carbocycles. The van der Waals surface area contributed by atoms with E-state index in [4.69, 9.17) is 0 Å². The maximum Gasteiger partial charge on any atom is 0.270 e. The second-order valence-corrected chi connectivity index (χ2v) is 9.65. The highest BCUT2D eigenvalue weighted by Crippen LogP contribution is 2.36. The van der Waals surface area contributed by atoms with Gasteiger partial charge in [-0.3, -0.25) is 9.10 Å². The summed E-state index contributed by atoms with van der Waals surface area (Å²) < 4.78 is 28.4. The predicted molar refractivity (Wildman–Crippen MR) is 125 cm³/mol. The predicted octanol–water partition coefficient (Wildman–Crippen LogP) is 5.10. The van der Waals surface area contributed by atoms with Gasteiger partial charge in [0.05, 0.1) is 12.2 Å². The minimum atomic E-state index is -4.05. The molecule has 0 amide bonds. The number of fused-ring (bicyclic) bond motifs is 1. The molecule has 1 aliphatic rings. The van der Waals surface area contributed by atoms with Crippen molar-refractivity contribution < 1.29 is 13.2 Å². The first-order valence-corrected chi connectivity index (χ1v) is 11.5. The van der Waals surface area contributed by atoms with E-state index >= 15 is 0 Å². The average Bonchev–Trinajstić information content (AvgIpc) is 2.72. The third-order valence-electron chi connectivity index (χ3n) is 5.36. The number of para-hydroxylation sites is 1. The molecule has 1 aliphatic heterocycles. The van der Waals surface area contributed by atoms with Gasteiger partial charge in [-0.1, -0.05) is 59.7 Å². The van der Waals surface area contributed by atoms with Crippen LogP contribution in [-0.4, -0.2) is 14.2 Å². The zero-order valence-electron chi connectivity index (χ0n) is 17.7. The summed E-state index contributed by atoms with van der Waals surface area (Å²) in [5.74, 6) is -0.506. The Kier molecular flexibility index (Phi) is 5.41. The van der Waals surface area contributed by atoms with Crippen molar-refractivity contribution in [3.63, 3.8) is 0 Å². The number of nitrogens with zero attached hydrogens (tertiary/aromatic N) is 1. The third-order valence-corrected chi connectivity index (χ3v) is 7.12. The van der Waals surface area contributed by atoms with E-state index in [-0.39, 0.29) is 11.4 Å². The van der Waals surface area contributed by atoms with E-state index in [9.17, 15) is 13.2 Å². The van der Waals surface area contributed by atoms with E-state index < -0.39 is 15.8 Å². The van der Waals surface area contributed by atoms with Crippen LogP contribution >= 0.6 is 0 Å². The summed E-state index contributed by atoms with van der Waals surface area (Å²) in [6, 6.07) is 20.3. The third kappa shape index (κ3) is 3.99. The lowest BCUT2D eigenvalue weighted by Crippen LogP contribution is -2.39. The molecule has 6 heteroatoms. The summed E-state index contributed by atoms with van der Waals surface area (Å²) in [5.41, 5.74) is 5.50. The smallest absolute Gasteiger partial charge is 0.270 e. The SMILES string of the molecule is Cc1cccc(CN2c3ccccc3C(=O)/C(=C\Nc3ccc(C)cc3C)S2(=O)=O)c1. The quantitative estimate of drug-likeness (QED) is 0.583. The van der Waals surface area contributed by atoms with Gasteiger partial charge in [0.1, 0.15) is 0 Å². The molecule has 0 spiro atoms. The molecule has 0 radical (unpaired) electrons. The molecule has 0 unspecified atom stereocenters. The maximum atomic E-state index is 13.5. The number of sulfonamides is 1. The lowest BCUT2D eigenvalue weighted by molar-refractivity contribution is 0.104. The molecule has 0 bridgehead atoms. The molecule has 5 nitrogen and oxygen atoms in total. The van der Waals surface area contributed by atoms with E-state index in [0.717, 1.165) is 27.9 Å². The zero-order valence-corrected chi connectivity index (χ0v) is 18.5. The fourth-order valence-corrected chi connectivity index (χ4v) is 5.31. The molecule has 4 rings (SSSR count). The van der Waals surface area contributed by atoms with Crippen molar-refractivity contribution in [1.29, 1.82) is 0 Å². The number of carbonyl (C=O) groups is 1. The molecular weight excluding hydrogens is 408 g/mol. The van der Waals surface area contributed by atoms with Crippen LogP contribution in [0.25, 0.3) is 0 Å². The van der Waals surface area contributed by atoms with Crippen LogP contribution in [0.5, 0.6) is 0 Å². The Morgan fingerprint density at radius 1 is 0.903 bits per heavy atom. The fourth-order valence-electron chi connectivity index (χ4n) is 3.79. The molecule has 158 valence electrons. The molecule has 0 saturated heterocycles. The molecule has 1 heterocycles. The molecule has 1 N–H and O–H groups in total. The highest BCUT2D eigenvalue weighted by Gasteiger charge is 2.40. The number of Topliss-reactive ketones (excluding diaryl/α,β-unsaturated/α-hetero) is 1. The Labute approximate surface area is 183 Å². The molecule has 3 aromatic rings. The van der Waals surface area contributed by atoms with Gasteiger partial charge in [0, 0.05) is 17.5 Å². The first-order chi connectivity index (χ1) is 14.8. The number of hydrogen-bond donors (Lipinski definition) is 1. The largest absolute Gasteiger partial charge is 0.360 e. The van der Waals surface area contributed by atoms with E-state index in [2.05, 4.69) is 5.32 Å². The second-order valence-electron chi connectivity index (χ2n) is 7.82. The highest BCUT2D eigenvalue weighted by molar-refractivity contribution is 7.97. The number of allylic oxidation sites excluding steroid dienone is 1. The number of benzene rings is 3. The van der Waals surface area contributed by atoms with Crippen molar-refractivity contribution >= 4 is 27.2 Å². The topological polar surface area (TPSA) is 66.5 Å². The minimum Gasteiger partial charge on any atom is -0.360 e. The fraction of sp³-hybridized carbons (Fsp3) is 0.160. The number of anilines is 2. The summed E-state index contributed by atoms with van der Waals surface area (Å²) in [5, 5.41) is 3.03. The maximum absolute atomic E-state index is 13.5. The monoisotopic (exact) mass is 432 g/mol. The van der Waals surface area contributed by atoms with Crippen molar-refractivity contribution in [2.75, 3.05) is 9.62 Å². The lowest BCUT2D eigenvalue weighted by Gasteiger charge is -2.31. The van der Waals surface area contributed by atoms with Gasteiger partial charge in [-0.15, -0.1) is 0 Å². The number of carbonyl (C=O) groups excluding carboxylic acids is 1. The van der Waals surface area contributed by atoms with Crippen molar-refractivity contribution in [3.8, 4) is 0 Å². The second kappa shape index (κ2) is 8.04. The molecule has 0 aromatic heterocycles. The van der Waals surface area contributed by atoms with Crippen LogP contribution in [0.3, 0.4) is 0 Å². The van der Waals surface area contributed by atoms with E-state index in [1.807, 2.05) is 63.2 Å². The van der Waals surface area contributed by atoms with Crippen LogP contribution in [0, 0.1) is 20.8 Å². The molecule has 3 aromatic carbocycles. The Hall–Kier alpha value is -3.38. The van der Waals surface area contributed by atoms with Crippen LogP contribution in [0.4, 0.5) is 11.4 Å². The van der Waals surface area contributed by atoms with Gasteiger partial charge in [-0.25, -0.2) is 8.42 Å². The Morgan fingerprint density at radius 2 is 1.65 bits per heavy atom. The van der Waals surface area contributed by atoms with Gasteiger partial charge in [0.2, 0.25) is 5.78 Å². The first-order valence-electron chi connectivity index (χ1n) is 10.0. The number of nitrogens with one attached hydrogen (secondary N) is 1. The Balaban J connectivity index is 1.79. The number of rotatable bonds is 4. The molecule has 0 atom stereocenters.